The van der Waals surface area contributed by atoms with Crippen molar-refractivity contribution in [2.24, 2.45) is 11.8 Å². The third-order valence-electron chi connectivity index (χ3n) is 7.18. The molecule has 34 heavy (non-hydrogen) atoms. The minimum absolute atomic E-state index is 0.495. The molecule has 0 aromatic heterocycles. The van der Waals surface area contributed by atoms with Gasteiger partial charge >= 0.3 is 11.9 Å². The fourth-order valence-electron chi connectivity index (χ4n) is 5.60. The van der Waals surface area contributed by atoms with Gasteiger partial charge in [0.05, 0.1) is 23.9 Å². The third kappa shape index (κ3) is 3.40. The van der Waals surface area contributed by atoms with Crippen molar-refractivity contribution in [2.45, 2.75) is 51.6 Å². The molecule has 2 amide bonds. The number of imide groups is 1. The van der Waals surface area contributed by atoms with Crippen LogP contribution < -0.4 is 10.2 Å². The molecule has 2 aromatic rings. The van der Waals surface area contributed by atoms with E-state index in [1.807, 2.05) is 51.1 Å². The molecule has 2 aliphatic rings. The molecule has 4 unspecified atom stereocenters. The number of benzene rings is 2. The molecule has 4 atom stereocenters. The number of aryl methyl sites for hydroxylation is 3. The number of anilines is 1. The van der Waals surface area contributed by atoms with Crippen LogP contribution in [0.5, 0.6) is 0 Å². The number of aliphatic carboxylic acids is 2. The smallest absolute Gasteiger partial charge is 0.325 e. The predicted molar refractivity (Wildman–Crippen MR) is 124 cm³/mol. The highest BCUT2D eigenvalue weighted by molar-refractivity contribution is 6.25. The third-order valence-corrected chi connectivity index (χ3v) is 7.18. The lowest BCUT2D eigenvalue weighted by molar-refractivity contribution is -0.154. The monoisotopic (exact) mass is 464 g/mol. The number of hydrogen-bond acceptors (Lipinski definition) is 5. The summed E-state index contributed by atoms with van der Waals surface area (Å²) in [6.07, 6.45) is 0.331. The molecule has 2 saturated heterocycles. The molecule has 0 spiro atoms. The first-order chi connectivity index (χ1) is 16.2. The average Bonchev–Trinajstić information content (AvgIpc) is 3.27. The lowest BCUT2D eigenvalue weighted by atomic mass is 9.77. The summed E-state index contributed by atoms with van der Waals surface area (Å²) < 4.78 is 0. The Kier molecular flexibility index (Phi) is 6.03. The van der Waals surface area contributed by atoms with Crippen molar-refractivity contribution in [1.82, 2.24) is 5.32 Å². The molecular weight excluding hydrogens is 436 g/mol. The molecule has 8 nitrogen and oxygen atoms in total. The van der Waals surface area contributed by atoms with Crippen molar-refractivity contribution in [3.05, 3.63) is 64.7 Å². The maximum atomic E-state index is 14.0. The Balaban J connectivity index is 1.95. The zero-order valence-corrected chi connectivity index (χ0v) is 19.4. The summed E-state index contributed by atoms with van der Waals surface area (Å²) in [5.41, 5.74) is 1.49. The number of carboxylic acid groups (broad SMARTS) is 2. The number of rotatable bonds is 7. The molecule has 2 heterocycles. The average molecular weight is 465 g/mol. The molecule has 3 N–H and O–H groups in total. The zero-order valence-electron chi connectivity index (χ0n) is 19.4. The number of para-hydroxylation sites is 1. The van der Waals surface area contributed by atoms with E-state index in [1.54, 1.807) is 12.1 Å². The van der Waals surface area contributed by atoms with E-state index in [0.29, 0.717) is 24.1 Å². The van der Waals surface area contributed by atoms with Gasteiger partial charge in [0.2, 0.25) is 11.8 Å². The first-order valence-electron chi connectivity index (χ1n) is 11.4. The molecule has 0 aliphatic carbocycles. The van der Waals surface area contributed by atoms with Gasteiger partial charge < -0.3 is 10.2 Å². The van der Waals surface area contributed by atoms with Gasteiger partial charge in [-0.15, -0.1) is 0 Å². The van der Waals surface area contributed by atoms with Crippen molar-refractivity contribution in [3.63, 3.8) is 0 Å². The predicted octanol–water partition coefficient (Wildman–Crippen LogP) is 2.87. The van der Waals surface area contributed by atoms with Crippen LogP contribution in [0.4, 0.5) is 5.69 Å². The number of carbonyl (C=O) groups excluding carboxylic acids is 2. The van der Waals surface area contributed by atoms with Gasteiger partial charge in [-0.1, -0.05) is 56.3 Å². The van der Waals surface area contributed by atoms with Crippen LogP contribution in [0.3, 0.4) is 0 Å². The number of carboxylic acids is 2. The topological polar surface area (TPSA) is 124 Å². The van der Waals surface area contributed by atoms with E-state index < -0.39 is 53.6 Å². The molecule has 4 rings (SSSR count). The van der Waals surface area contributed by atoms with Crippen LogP contribution in [0, 0.1) is 18.8 Å². The second-order valence-electron chi connectivity index (χ2n) is 8.97. The highest BCUT2D eigenvalue weighted by Gasteiger charge is 2.69. The molecule has 2 fully saturated rings. The molecule has 0 saturated carbocycles. The Labute approximate surface area is 197 Å². The van der Waals surface area contributed by atoms with Gasteiger partial charge in [-0.05, 0) is 42.0 Å². The summed E-state index contributed by atoms with van der Waals surface area (Å²) in [6.45, 7) is 5.69. The van der Waals surface area contributed by atoms with Crippen LogP contribution in [-0.4, -0.2) is 39.5 Å². The second-order valence-corrected chi connectivity index (χ2v) is 8.97. The van der Waals surface area contributed by atoms with Gasteiger partial charge in [0.1, 0.15) is 5.54 Å². The van der Waals surface area contributed by atoms with Crippen LogP contribution in [0.1, 0.15) is 48.6 Å². The number of fused-ring (bicyclic) bond motifs is 1. The van der Waals surface area contributed by atoms with E-state index in [0.717, 1.165) is 21.6 Å². The number of amides is 2. The standard InChI is InChI=1S/C26H28N2O6/c1-4-15-10-8-11-16(5-2)22(15)28-23(31)19-20(24(28)32)26(25(33)34,13-18(29)30)27-21(19)17-12-7-6-9-14(17)3/h6-12,19-21,27H,4-5,13H2,1-3H3,(H,29,30)(H,33,34). The Morgan fingerprint density at radius 3 is 2.12 bits per heavy atom. The lowest BCUT2D eigenvalue weighted by Crippen LogP contribution is -2.57. The van der Waals surface area contributed by atoms with Gasteiger partial charge in [0.25, 0.3) is 0 Å². The van der Waals surface area contributed by atoms with E-state index >= 15 is 0 Å². The van der Waals surface area contributed by atoms with Gasteiger partial charge in [0.15, 0.2) is 0 Å². The van der Waals surface area contributed by atoms with Crippen molar-refractivity contribution < 1.29 is 29.4 Å². The Morgan fingerprint density at radius 1 is 0.971 bits per heavy atom. The maximum Gasteiger partial charge on any atom is 0.325 e. The van der Waals surface area contributed by atoms with Crippen molar-refractivity contribution >= 4 is 29.4 Å². The summed E-state index contributed by atoms with van der Waals surface area (Å²) in [5, 5.41) is 22.8. The molecule has 0 radical (unpaired) electrons. The molecule has 0 bridgehead atoms. The molecule has 178 valence electrons. The minimum Gasteiger partial charge on any atom is -0.481 e. The maximum absolute atomic E-state index is 14.0. The van der Waals surface area contributed by atoms with Crippen LogP contribution in [-0.2, 0) is 32.0 Å². The highest BCUT2D eigenvalue weighted by atomic mass is 16.4. The summed E-state index contributed by atoms with van der Waals surface area (Å²) in [6, 6.07) is 12.0. The fraction of sp³-hybridized carbons (Fsp3) is 0.385. The summed E-state index contributed by atoms with van der Waals surface area (Å²) in [5.74, 6) is -6.38. The molecular formula is C26H28N2O6. The SMILES string of the molecule is CCc1cccc(CC)c1N1C(=O)C2C(c3ccccc3C)NC(CC(=O)O)(C(=O)O)C2C1=O. The summed E-state index contributed by atoms with van der Waals surface area (Å²) in [4.78, 5) is 53.4. The number of carbonyl (C=O) groups is 4. The fourth-order valence-corrected chi connectivity index (χ4v) is 5.60. The van der Waals surface area contributed by atoms with Crippen molar-refractivity contribution in [1.29, 1.82) is 0 Å². The van der Waals surface area contributed by atoms with Crippen molar-refractivity contribution in [2.75, 3.05) is 4.90 Å². The van der Waals surface area contributed by atoms with E-state index in [-0.39, 0.29) is 0 Å². The number of hydrogen-bond donors (Lipinski definition) is 3. The Morgan fingerprint density at radius 2 is 1.59 bits per heavy atom. The molecule has 2 aliphatic heterocycles. The van der Waals surface area contributed by atoms with Crippen LogP contribution in [0.25, 0.3) is 0 Å². The van der Waals surface area contributed by atoms with Gasteiger partial charge in [-0.25, -0.2) is 4.90 Å². The largest absolute Gasteiger partial charge is 0.481 e. The van der Waals surface area contributed by atoms with E-state index in [9.17, 15) is 29.4 Å². The van der Waals surface area contributed by atoms with E-state index in [4.69, 9.17) is 0 Å². The van der Waals surface area contributed by atoms with Gasteiger partial charge in [-0.2, -0.15) is 0 Å². The number of nitrogens with one attached hydrogen (secondary N) is 1. The second kappa shape index (κ2) is 8.68. The molecule has 2 aromatic carbocycles. The minimum atomic E-state index is -2.11. The summed E-state index contributed by atoms with van der Waals surface area (Å²) >= 11 is 0. The van der Waals surface area contributed by atoms with Crippen molar-refractivity contribution in [3.8, 4) is 0 Å². The van der Waals surface area contributed by atoms with E-state index in [2.05, 4.69) is 5.32 Å². The lowest BCUT2D eigenvalue weighted by Gasteiger charge is -2.31. The van der Waals surface area contributed by atoms with Gasteiger partial charge in [-0.3, -0.25) is 24.5 Å². The van der Waals surface area contributed by atoms with Gasteiger partial charge in [0, 0.05) is 6.04 Å². The van der Waals surface area contributed by atoms with Crippen LogP contribution in [0.15, 0.2) is 42.5 Å². The first-order valence-corrected chi connectivity index (χ1v) is 11.4. The van der Waals surface area contributed by atoms with Crippen LogP contribution >= 0.6 is 0 Å². The Bertz CT molecular complexity index is 1170. The van der Waals surface area contributed by atoms with Crippen LogP contribution in [0.2, 0.25) is 0 Å². The molecule has 8 heteroatoms. The quantitative estimate of drug-likeness (QED) is 0.538. The van der Waals surface area contributed by atoms with E-state index in [1.165, 1.54) is 0 Å². The normalized spacial score (nSPS) is 26.1. The Hall–Kier alpha value is -3.52. The summed E-state index contributed by atoms with van der Waals surface area (Å²) in [7, 11) is 0. The zero-order chi connectivity index (χ0) is 24.8. The highest BCUT2D eigenvalue weighted by Crippen LogP contribution is 2.52. The first kappa shape index (κ1) is 23.6. The number of nitrogens with zero attached hydrogens (tertiary/aromatic N) is 1.